The summed E-state index contributed by atoms with van der Waals surface area (Å²) in [5.74, 6) is 0.0242. The summed E-state index contributed by atoms with van der Waals surface area (Å²) in [4.78, 5) is 16.8. The quantitative estimate of drug-likeness (QED) is 0.583. The van der Waals surface area contributed by atoms with Gasteiger partial charge in [0.05, 0.1) is 12.5 Å². The monoisotopic (exact) mass is 343 g/mol. The number of rotatable bonds is 7. The molecule has 3 rings (SSSR count). The summed E-state index contributed by atoms with van der Waals surface area (Å²) < 4.78 is 5.11. The molecule has 0 radical (unpaired) electrons. The van der Waals surface area contributed by atoms with E-state index in [4.69, 9.17) is 4.42 Å². The minimum absolute atomic E-state index is 0.0242. The molecular formula is C18H17NO2S2. The molecule has 0 N–H and O–H groups in total. The van der Waals surface area contributed by atoms with Crippen molar-refractivity contribution in [3.8, 4) is 0 Å². The fraction of sp³-hybridized carbons (Fsp3) is 0.167. The Morgan fingerprint density at radius 1 is 1.17 bits per heavy atom. The Morgan fingerprint density at radius 3 is 2.74 bits per heavy atom. The van der Waals surface area contributed by atoms with Gasteiger partial charge in [0, 0.05) is 34.5 Å². The molecule has 3 aromatic heterocycles. The summed E-state index contributed by atoms with van der Waals surface area (Å²) in [6.45, 7) is 1.26. The van der Waals surface area contributed by atoms with E-state index < -0.39 is 0 Å². The molecule has 0 aromatic carbocycles. The van der Waals surface area contributed by atoms with Crippen LogP contribution in [0.4, 0.5) is 0 Å². The Hall–Kier alpha value is -2.11. The zero-order chi connectivity index (χ0) is 15.9. The molecule has 0 aliphatic carbocycles. The van der Waals surface area contributed by atoms with Crippen LogP contribution < -0.4 is 0 Å². The third kappa shape index (κ3) is 4.68. The van der Waals surface area contributed by atoms with Gasteiger partial charge in [-0.1, -0.05) is 12.1 Å². The van der Waals surface area contributed by atoms with Crippen molar-refractivity contribution in [2.24, 2.45) is 0 Å². The van der Waals surface area contributed by atoms with E-state index in [1.165, 1.54) is 4.88 Å². The van der Waals surface area contributed by atoms with Gasteiger partial charge in [-0.2, -0.15) is 0 Å². The molecule has 0 saturated carbocycles. The van der Waals surface area contributed by atoms with E-state index in [0.717, 1.165) is 16.9 Å². The second-order valence-corrected chi connectivity index (χ2v) is 7.08. The van der Waals surface area contributed by atoms with E-state index in [0.29, 0.717) is 13.1 Å². The van der Waals surface area contributed by atoms with Crippen LogP contribution in [0.15, 0.2) is 64.1 Å². The van der Waals surface area contributed by atoms with Crippen molar-refractivity contribution >= 4 is 34.7 Å². The first kappa shape index (κ1) is 15.8. The van der Waals surface area contributed by atoms with Gasteiger partial charge >= 0.3 is 0 Å². The van der Waals surface area contributed by atoms with Gasteiger partial charge in [-0.15, -0.1) is 22.7 Å². The Balaban J connectivity index is 1.66. The third-order valence-corrected chi connectivity index (χ3v) is 5.18. The molecule has 3 nitrogen and oxygen atoms in total. The highest BCUT2D eigenvalue weighted by Crippen LogP contribution is 2.14. The summed E-state index contributed by atoms with van der Waals surface area (Å²) in [6.07, 6.45) is 7.72. The molecule has 0 aliphatic rings. The molecule has 0 aliphatic heterocycles. The maximum atomic E-state index is 12.5. The molecule has 0 fully saturated rings. The molecule has 0 spiro atoms. The first-order valence-electron chi connectivity index (χ1n) is 7.35. The Bertz CT molecular complexity index is 728. The number of amides is 1. The number of carbonyl (C=O) groups is 1. The molecule has 3 heterocycles. The number of furan rings is 1. The van der Waals surface area contributed by atoms with E-state index in [-0.39, 0.29) is 5.91 Å². The molecule has 0 atom stereocenters. The topological polar surface area (TPSA) is 33.5 Å². The van der Waals surface area contributed by atoms with E-state index in [9.17, 15) is 4.79 Å². The van der Waals surface area contributed by atoms with Crippen molar-refractivity contribution in [3.63, 3.8) is 0 Å². The second-order valence-electron chi connectivity index (χ2n) is 5.07. The van der Waals surface area contributed by atoms with Crippen LogP contribution in [0.1, 0.15) is 15.3 Å². The first-order valence-corrected chi connectivity index (χ1v) is 9.11. The number of nitrogens with zero attached hydrogens (tertiary/aromatic N) is 1. The average molecular weight is 343 g/mol. The highest BCUT2D eigenvalue weighted by Gasteiger charge is 2.12. The molecule has 5 heteroatoms. The number of hydrogen-bond acceptors (Lipinski definition) is 4. The molecule has 118 valence electrons. The van der Waals surface area contributed by atoms with Gasteiger partial charge in [-0.25, -0.2) is 0 Å². The van der Waals surface area contributed by atoms with E-state index in [2.05, 4.69) is 11.4 Å². The lowest BCUT2D eigenvalue weighted by molar-refractivity contribution is -0.126. The Labute approximate surface area is 143 Å². The minimum atomic E-state index is 0.0242. The lowest BCUT2D eigenvalue weighted by atomic mass is 10.2. The summed E-state index contributed by atoms with van der Waals surface area (Å²) in [5.41, 5.74) is 1.01. The van der Waals surface area contributed by atoms with Crippen molar-refractivity contribution in [1.82, 2.24) is 4.90 Å². The van der Waals surface area contributed by atoms with Crippen LogP contribution in [0, 0.1) is 0 Å². The predicted octanol–water partition coefficient (Wildman–Crippen LogP) is 4.69. The van der Waals surface area contributed by atoms with Crippen LogP contribution in [0.5, 0.6) is 0 Å². The third-order valence-electron chi connectivity index (χ3n) is 3.41. The fourth-order valence-corrected chi connectivity index (χ4v) is 3.53. The van der Waals surface area contributed by atoms with Crippen molar-refractivity contribution in [1.29, 1.82) is 0 Å². The van der Waals surface area contributed by atoms with Crippen LogP contribution >= 0.6 is 22.7 Å². The lowest BCUT2D eigenvalue weighted by Crippen LogP contribution is -2.30. The van der Waals surface area contributed by atoms with Crippen LogP contribution in [-0.4, -0.2) is 17.4 Å². The van der Waals surface area contributed by atoms with Crippen LogP contribution in [0.2, 0.25) is 0 Å². The van der Waals surface area contributed by atoms with E-state index in [1.54, 1.807) is 41.3 Å². The largest absolute Gasteiger partial charge is 0.472 e. The predicted molar refractivity (Wildman–Crippen MR) is 95.5 cm³/mol. The number of hydrogen-bond donors (Lipinski definition) is 0. The smallest absolute Gasteiger partial charge is 0.246 e. The van der Waals surface area contributed by atoms with Crippen LogP contribution in [0.3, 0.4) is 0 Å². The average Bonchev–Trinajstić information content (AvgIpc) is 3.32. The van der Waals surface area contributed by atoms with Gasteiger partial charge in [-0.3, -0.25) is 4.79 Å². The maximum absolute atomic E-state index is 12.5. The van der Waals surface area contributed by atoms with Crippen molar-refractivity contribution in [2.45, 2.75) is 13.0 Å². The van der Waals surface area contributed by atoms with Gasteiger partial charge in [0.1, 0.15) is 0 Å². The molecular weight excluding hydrogens is 326 g/mol. The van der Waals surface area contributed by atoms with Crippen molar-refractivity contribution < 1.29 is 9.21 Å². The second kappa shape index (κ2) is 7.94. The van der Waals surface area contributed by atoms with Gasteiger partial charge in [0.2, 0.25) is 5.91 Å². The molecule has 0 bridgehead atoms. The van der Waals surface area contributed by atoms with Gasteiger partial charge in [0.25, 0.3) is 0 Å². The van der Waals surface area contributed by atoms with Gasteiger partial charge in [0.15, 0.2) is 0 Å². The standard InChI is InChI=1S/C18H17NO2S2/c20-18(6-5-16-3-1-11-22-16)19(13-15-8-10-21-14-15)9-7-17-4-2-12-23-17/h1-6,8,10-12,14H,7,9,13H2/b6-5+. The molecule has 0 saturated heterocycles. The zero-order valence-electron chi connectivity index (χ0n) is 12.6. The molecule has 3 aromatic rings. The van der Waals surface area contributed by atoms with Crippen LogP contribution in [0.25, 0.3) is 6.08 Å². The highest BCUT2D eigenvalue weighted by molar-refractivity contribution is 7.10. The molecule has 1 amide bonds. The summed E-state index contributed by atoms with van der Waals surface area (Å²) in [6, 6.07) is 10.0. The molecule has 0 unspecified atom stereocenters. The highest BCUT2D eigenvalue weighted by atomic mass is 32.1. The van der Waals surface area contributed by atoms with Crippen LogP contribution in [-0.2, 0) is 17.8 Å². The summed E-state index contributed by atoms with van der Waals surface area (Å²) in [5, 5.41) is 4.07. The lowest BCUT2D eigenvalue weighted by Gasteiger charge is -2.20. The number of thiophene rings is 2. The van der Waals surface area contributed by atoms with Gasteiger partial charge < -0.3 is 9.32 Å². The first-order chi connectivity index (χ1) is 11.3. The fourth-order valence-electron chi connectivity index (χ4n) is 2.22. The maximum Gasteiger partial charge on any atom is 0.246 e. The number of carbonyl (C=O) groups excluding carboxylic acids is 1. The summed E-state index contributed by atoms with van der Waals surface area (Å²) >= 11 is 3.35. The van der Waals surface area contributed by atoms with Crippen molar-refractivity contribution in [3.05, 3.63) is 75.0 Å². The Morgan fingerprint density at radius 2 is 2.04 bits per heavy atom. The Kier molecular flexibility index (Phi) is 5.45. The SMILES string of the molecule is O=C(/C=C/c1cccs1)N(CCc1cccs1)Cc1ccoc1. The van der Waals surface area contributed by atoms with Crippen molar-refractivity contribution in [2.75, 3.05) is 6.54 Å². The van der Waals surface area contributed by atoms with E-state index >= 15 is 0 Å². The van der Waals surface area contributed by atoms with Gasteiger partial charge in [-0.05, 0) is 41.5 Å². The van der Waals surface area contributed by atoms with E-state index in [1.807, 2.05) is 40.6 Å². The summed E-state index contributed by atoms with van der Waals surface area (Å²) in [7, 11) is 0. The minimum Gasteiger partial charge on any atom is -0.472 e. The zero-order valence-corrected chi connectivity index (χ0v) is 14.2. The molecule has 23 heavy (non-hydrogen) atoms. The normalized spacial score (nSPS) is 11.1.